The zero-order chi connectivity index (χ0) is 15.2. The van der Waals surface area contributed by atoms with Gasteiger partial charge in [0.1, 0.15) is 0 Å². The molecule has 21 heavy (non-hydrogen) atoms. The number of carbonyl (C=O) groups is 2. The predicted molar refractivity (Wildman–Crippen MR) is 89.6 cm³/mol. The molecule has 1 aromatic carbocycles. The number of rotatable bonds is 4. The fourth-order valence-corrected chi connectivity index (χ4v) is 2.74. The Morgan fingerprint density at radius 3 is 2.81 bits per heavy atom. The van der Waals surface area contributed by atoms with Crippen molar-refractivity contribution in [3.05, 3.63) is 39.5 Å². The summed E-state index contributed by atoms with van der Waals surface area (Å²) < 4.78 is 0.810. The third-order valence-corrected chi connectivity index (χ3v) is 4.06. The van der Waals surface area contributed by atoms with E-state index in [1.54, 1.807) is 12.1 Å². The minimum Gasteiger partial charge on any atom is -0.478 e. The Bertz CT molecular complexity index is 572. The van der Waals surface area contributed by atoms with E-state index in [1.165, 1.54) is 6.07 Å². The van der Waals surface area contributed by atoms with Crippen molar-refractivity contribution in [3.8, 4) is 0 Å². The lowest BCUT2D eigenvalue weighted by Gasteiger charge is -2.18. The van der Waals surface area contributed by atoms with Crippen LogP contribution in [0.2, 0.25) is 0 Å². The molecule has 0 radical (unpaired) electrons. The molecule has 1 aliphatic carbocycles. The van der Waals surface area contributed by atoms with Gasteiger partial charge in [0, 0.05) is 10.1 Å². The number of allylic oxidation sites excluding steroid dienone is 2. The lowest BCUT2D eigenvalue weighted by molar-refractivity contribution is 0.0698. The highest BCUT2D eigenvalue weighted by atomic mass is 127. The van der Waals surface area contributed by atoms with Gasteiger partial charge in [-0.25, -0.2) is 9.59 Å². The maximum absolute atomic E-state index is 11.9. The molecule has 2 amide bonds. The van der Waals surface area contributed by atoms with E-state index >= 15 is 0 Å². The van der Waals surface area contributed by atoms with Crippen LogP contribution in [0, 0.1) is 9.49 Å². The number of carboxylic acids is 1. The first kappa shape index (κ1) is 15.8. The number of anilines is 1. The third-order valence-electron chi connectivity index (χ3n) is 3.39. The number of aromatic carboxylic acids is 1. The topological polar surface area (TPSA) is 78.4 Å². The molecule has 5 nitrogen and oxygen atoms in total. The molecule has 0 saturated heterocycles. The van der Waals surface area contributed by atoms with E-state index in [-0.39, 0.29) is 11.6 Å². The normalized spacial score (nSPS) is 17.3. The Morgan fingerprint density at radius 1 is 1.33 bits per heavy atom. The number of urea groups is 1. The van der Waals surface area contributed by atoms with Crippen LogP contribution in [0.4, 0.5) is 10.5 Å². The van der Waals surface area contributed by atoms with Crippen LogP contribution in [0.15, 0.2) is 30.4 Å². The minimum atomic E-state index is -1.05. The molecule has 1 atom stereocenters. The molecule has 6 heteroatoms. The fraction of sp³-hybridized carbons (Fsp3) is 0.333. The van der Waals surface area contributed by atoms with Crippen molar-refractivity contribution in [2.24, 2.45) is 5.92 Å². The summed E-state index contributed by atoms with van der Waals surface area (Å²) in [6.45, 7) is 0.600. The number of hydrogen-bond acceptors (Lipinski definition) is 2. The molecule has 3 N–H and O–H groups in total. The van der Waals surface area contributed by atoms with Gasteiger partial charge in [0.15, 0.2) is 0 Å². The largest absolute Gasteiger partial charge is 0.478 e. The van der Waals surface area contributed by atoms with Gasteiger partial charge in [-0.3, -0.25) is 0 Å². The van der Waals surface area contributed by atoms with Gasteiger partial charge in [0.2, 0.25) is 0 Å². The Kier molecular flexibility index (Phi) is 5.60. The van der Waals surface area contributed by atoms with Crippen LogP contribution in [-0.4, -0.2) is 23.7 Å². The Hall–Kier alpha value is -1.57. The smallest absolute Gasteiger partial charge is 0.337 e. The van der Waals surface area contributed by atoms with Crippen LogP contribution in [0.3, 0.4) is 0 Å². The van der Waals surface area contributed by atoms with Crippen molar-refractivity contribution in [1.82, 2.24) is 5.32 Å². The number of halogens is 1. The molecular formula is C15H17IN2O3. The highest BCUT2D eigenvalue weighted by molar-refractivity contribution is 14.1. The SMILES string of the molecule is O=C(NCC1CC=CCC1)Nc1ccc(I)cc1C(=O)O. The highest BCUT2D eigenvalue weighted by Gasteiger charge is 2.14. The van der Waals surface area contributed by atoms with Crippen LogP contribution in [0.25, 0.3) is 0 Å². The molecule has 0 spiro atoms. The quantitative estimate of drug-likeness (QED) is 0.535. The summed E-state index contributed by atoms with van der Waals surface area (Å²) in [6, 6.07) is 4.53. The van der Waals surface area contributed by atoms with Gasteiger partial charge in [-0.2, -0.15) is 0 Å². The van der Waals surface area contributed by atoms with E-state index in [9.17, 15) is 9.59 Å². The maximum atomic E-state index is 11.9. The summed E-state index contributed by atoms with van der Waals surface area (Å²) in [7, 11) is 0. The van der Waals surface area contributed by atoms with Gasteiger partial charge in [0.05, 0.1) is 11.3 Å². The van der Waals surface area contributed by atoms with Gasteiger partial charge in [-0.1, -0.05) is 12.2 Å². The van der Waals surface area contributed by atoms with Gasteiger partial charge < -0.3 is 15.7 Å². The number of carbonyl (C=O) groups excluding carboxylic acids is 1. The van der Waals surface area contributed by atoms with E-state index in [4.69, 9.17) is 5.11 Å². The van der Waals surface area contributed by atoms with Crippen LogP contribution >= 0.6 is 22.6 Å². The van der Waals surface area contributed by atoms with Crippen LogP contribution in [0.1, 0.15) is 29.6 Å². The van der Waals surface area contributed by atoms with E-state index in [0.29, 0.717) is 18.2 Å². The number of hydrogen-bond donors (Lipinski definition) is 3. The zero-order valence-corrected chi connectivity index (χ0v) is 13.6. The molecule has 0 aromatic heterocycles. The van der Waals surface area contributed by atoms with Gasteiger partial charge in [-0.15, -0.1) is 0 Å². The van der Waals surface area contributed by atoms with Gasteiger partial charge in [-0.05, 0) is 66.0 Å². The monoisotopic (exact) mass is 400 g/mol. The van der Waals surface area contributed by atoms with E-state index in [1.807, 2.05) is 22.6 Å². The summed E-state index contributed by atoms with van der Waals surface area (Å²) in [6.07, 6.45) is 7.38. The third kappa shape index (κ3) is 4.73. The Balaban J connectivity index is 1.93. The van der Waals surface area contributed by atoms with E-state index < -0.39 is 5.97 Å². The second-order valence-corrected chi connectivity index (χ2v) is 6.23. The average Bonchev–Trinajstić information content (AvgIpc) is 2.48. The summed E-state index contributed by atoms with van der Waals surface area (Å²) >= 11 is 2.04. The second-order valence-electron chi connectivity index (χ2n) is 4.98. The number of benzene rings is 1. The number of carboxylic acid groups (broad SMARTS) is 1. The molecule has 112 valence electrons. The van der Waals surface area contributed by atoms with Crippen molar-refractivity contribution >= 4 is 40.3 Å². The van der Waals surface area contributed by atoms with Crippen LogP contribution in [0.5, 0.6) is 0 Å². The summed E-state index contributed by atoms with van der Waals surface area (Å²) in [5.74, 6) is -0.599. The molecule has 1 aromatic rings. The summed E-state index contributed by atoms with van der Waals surface area (Å²) in [4.78, 5) is 23.1. The van der Waals surface area contributed by atoms with Gasteiger partial charge in [0.25, 0.3) is 0 Å². The van der Waals surface area contributed by atoms with Gasteiger partial charge >= 0.3 is 12.0 Å². The number of amides is 2. The summed E-state index contributed by atoms with van der Waals surface area (Å²) in [5.41, 5.74) is 0.404. The molecular weight excluding hydrogens is 383 g/mol. The molecule has 2 rings (SSSR count). The molecule has 0 heterocycles. The Labute approximate surface area is 136 Å². The Morgan fingerprint density at radius 2 is 2.14 bits per heavy atom. The minimum absolute atomic E-state index is 0.0950. The molecule has 0 saturated carbocycles. The lowest BCUT2D eigenvalue weighted by atomic mass is 9.94. The van der Waals surface area contributed by atoms with Crippen molar-refractivity contribution in [2.45, 2.75) is 19.3 Å². The van der Waals surface area contributed by atoms with Crippen molar-refractivity contribution in [1.29, 1.82) is 0 Å². The maximum Gasteiger partial charge on any atom is 0.337 e. The standard InChI is InChI=1S/C15H17IN2O3/c16-11-6-7-13(12(8-11)14(19)20)18-15(21)17-9-10-4-2-1-3-5-10/h1-2,6-8,10H,3-5,9H2,(H,19,20)(H2,17,18,21). The first-order chi connectivity index (χ1) is 10.1. The molecule has 0 bridgehead atoms. The molecule has 1 unspecified atom stereocenters. The van der Waals surface area contributed by atoms with E-state index in [0.717, 1.165) is 22.8 Å². The zero-order valence-electron chi connectivity index (χ0n) is 11.4. The van der Waals surface area contributed by atoms with E-state index in [2.05, 4.69) is 22.8 Å². The van der Waals surface area contributed by atoms with Crippen LogP contribution < -0.4 is 10.6 Å². The summed E-state index contributed by atoms with van der Waals surface area (Å²) in [5, 5.41) is 14.6. The van der Waals surface area contributed by atoms with Crippen molar-refractivity contribution in [2.75, 3.05) is 11.9 Å². The second kappa shape index (κ2) is 7.44. The predicted octanol–water partition coefficient (Wildman–Crippen LogP) is 3.47. The highest BCUT2D eigenvalue weighted by Crippen LogP contribution is 2.19. The lowest BCUT2D eigenvalue weighted by Crippen LogP contribution is -2.33. The number of nitrogens with one attached hydrogen (secondary N) is 2. The molecule has 0 fully saturated rings. The first-order valence-corrected chi connectivity index (χ1v) is 7.87. The first-order valence-electron chi connectivity index (χ1n) is 6.79. The van der Waals surface area contributed by atoms with Crippen molar-refractivity contribution < 1.29 is 14.7 Å². The fourth-order valence-electron chi connectivity index (χ4n) is 2.25. The van der Waals surface area contributed by atoms with Crippen molar-refractivity contribution in [3.63, 3.8) is 0 Å². The molecule has 1 aliphatic rings. The average molecular weight is 400 g/mol. The molecule has 0 aliphatic heterocycles. The van der Waals surface area contributed by atoms with Crippen LogP contribution in [-0.2, 0) is 0 Å².